The zero-order chi connectivity index (χ0) is 29.9. The minimum atomic E-state index is -1.67. The Hall–Kier alpha value is -0.927. The van der Waals surface area contributed by atoms with Gasteiger partial charge in [-0.05, 0) is 63.8 Å². The molecular formula is C34H55Cl2N3Ru. The van der Waals surface area contributed by atoms with Gasteiger partial charge in [-0.3, -0.25) is 0 Å². The van der Waals surface area contributed by atoms with Gasteiger partial charge in [-0.2, -0.15) is 6.67 Å². The molecule has 0 aromatic heterocycles. The van der Waals surface area contributed by atoms with Crippen LogP contribution in [0.3, 0.4) is 0 Å². The van der Waals surface area contributed by atoms with E-state index in [1.807, 2.05) is 0 Å². The van der Waals surface area contributed by atoms with E-state index in [1.54, 1.807) is 0 Å². The Morgan fingerprint density at radius 1 is 0.675 bits per heavy atom. The summed E-state index contributed by atoms with van der Waals surface area (Å²) >= 11 is -1.67. The summed E-state index contributed by atoms with van der Waals surface area (Å²) in [6.07, 6.45) is 7.59. The molecule has 3 rings (SSSR count). The Kier molecular flexibility index (Phi) is 15.2. The molecule has 1 fully saturated rings. The van der Waals surface area contributed by atoms with Gasteiger partial charge in [0.2, 0.25) is 0 Å². The van der Waals surface area contributed by atoms with Crippen LogP contribution in [0.4, 0.5) is 11.4 Å². The molecule has 0 radical (unpaired) electrons. The van der Waals surface area contributed by atoms with E-state index in [0.29, 0.717) is 0 Å². The number of anilines is 2. The first-order valence-electron chi connectivity index (χ1n) is 15.2. The van der Waals surface area contributed by atoms with Crippen molar-refractivity contribution in [2.75, 3.05) is 42.5 Å². The van der Waals surface area contributed by atoms with Crippen molar-refractivity contribution in [1.29, 1.82) is 0 Å². The summed E-state index contributed by atoms with van der Waals surface area (Å²) in [5, 5.41) is 0. The maximum Gasteiger partial charge on any atom is 0.0146 e. The molecule has 0 spiro atoms. The molecule has 40 heavy (non-hydrogen) atoms. The van der Waals surface area contributed by atoms with Crippen molar-refractivity contribution in [2.45, 2.75) is 101 Å². The monoisotopic (exact) mass is 677 g/mol. The number of aryl methyl sites for hydroxylation is 6. The topological polar surface area (TPSA) is 6.48 Å². The summed E-state index contributed by atoms with van der Waals surface area (Å²) in [5.41, 5.74) is 10.8. The third-order valence-electron chi connectivity index (χ3n) is 7.84. The Labute approximate surface area is 259 Å². The van der Waals surface area contributed by atoms with E-state index < -0.39 is 13.5 Å². The number of halogens is 2. The molecular weight excluding hydrogens is 622 g/mol. The minimum Gasteiger partial charge on any atom is -0.502 e. The molecule has 0 unspecified atom stereocenters. The number of nitrogens with zero attached hydrogens (tertiary/aromatic N) is 3. The molecule has 0 N–H and O–H groups in total. The second-order valence-corrected chi connectivity index (χ2v) is 17.4. The predicted molar refractivity (Wildman–Crippen MR) is 178 cm³/mol. The summed E-state index contributed by atoms with van der Waals surface area (Å²) in [6, 6.07) is 9.12. The summed E-state index contributed by atoms with van der Waals surface area (Å²) in [4.78, 5) is 4.81. The smallest absolute Gasteiger partial charge is 0.0146 e. The van der Waals surface area contributed by atoms with Crippen molar-refractivity contribution in [2.24, 2.45) is 0 Å². The van der Waals surface area contributed by atoms with Gasteiger partial charge in [0.25, 0.3) is 0 Å². The van der Waals surface area contributed by atoms with Crippen LogP contribution in [0, 0.1) is 48.2 Å². The first-order valence-corrected chi connectivity index (χ1v) is 20.7. The molecule has 1 aliphatic rings. The third kappa shape index (κ3) is 10.4. The van der Waals surface area contributed by atoms with Crippen LogP contribution in [0.15, 0.2) is 24.3 Å². The van der Waals surface area contributed by atoms with Crippen LogP contribution in [0.2, 0.25) is 0 Å². The van der Waals surface area contributed by atoms with Crippen LogP contribution in [-0.2, 0) is 13.5 Å². The summed E-state index contributed by atoms with van der Waals surface area (Å²) in [6.45, 7) is 28.0. The van der Waals surface area contributed by atoms with Gasteiger partial charge in [0, 0.05) is 24.5 Å². The van der Waals surface area contributed by atoms with Crippen molar-refractivity contribution >= 4 is 35.5 Å². The van der Waals surface area contributed by atoms with E-state index in [-0.39, 0.29) is 0 Å². The van der Waals surface area contributed by atoms with Crippen molar-refractivity contribution < 1.29 is 18.0 Å². The molecule has 2 aromatic rings. The number of benzene rings is 2. The van der Waals surface area contributed by atoms with Crippen LogP contribution in [0.1, 0.15) is 92.7 Å². The standard InChI is InChI=1S/C21H27N2.C13H28N.2ClH.Ru/c1-14-9-16(3)20(17(4)10-14)22-7-8-23(13-22)21-18(5)11-15(2)12-19(21)6;1-5-8-11-14(4,12-9-6-2)13-10-7-3;;;/h9-13H,7-8H2,1-6H3;4H,5-13H2,1-3H3;2*1H;/q-1;+1;;;+2/p-2. The van der Waals surface area contributed by atoms with Crippen LogP contribution >= 0.6 is 19.4 Å². The van der Waals surface area contributed by atoms with Gasteiger partial charge >= 0.3 is 121 Å². The van der Waals surface area contributed by atoms with Gasteiger partial charge in [0.15, 0.2) is 0 Å². The van der Waals surface area contributed by atoms with E-state index >= 15 is 0 Å². The van der Waals surface area contributed by atoms with Gasteiger partial charge in [0.1, 0.15) is 0 Å². The quantitative estimate of drug-likeness (QED) is 0.125. The number of hydrogen-bond acceptors (Lipinski definition) is 2. The van der Waals surface area contributed by atoms with Crippen LogP contribution in [0.5, 0.6) is 0 Å². The fraction of sp³-hybridized carbons (Fsp3) is 0.588. The molecule has 0 aliphatic carbocycles. The number of quaternary nitrogens is 1. The second-order valence-electron chi connectivity index (χ2n) is 11.7. The second kappa shape index (κ2) is 17.3. The van der Waals surface area contributed by atoms with E-state index in [1.165, 1.54) is 103 Å². The molecule has 6 heteroatoms. The van der Waals surface area contributed by atoms with E-state index in [2.05, 4.69) is 108 Å². The van der Waals surface area contributed by atoms with E-state index in [4.69, 9.17) is 19.4 Å². The zero-order valence-electron chi connectivity index (χ0n) is 26.7. The molecule has 0 bridgehead atoms. The van der Waals surface area contributed by atoms with E-state index in [9.17, 15) is 0 Å². The molecule has 1 aliphatic heterocycles. The average molecular weight is 678 g/mol. The van der Waals surface area contributed by atoms with Crippen LogP contribution in [0.25, 0.3) is 0 Å². The molecule has 1 heterocycles. The van der Waals surface area contributed by atoms with Gasteiger partial charge in [-0.15, -0.1) is 0 Å². The van der Waals surface area contributed by atoms with Crippen molar-refractivity contribution in [3.05, 3.63) is 64.3 Å². The van der Waals surface area contributed by atoms with Gasteiger partial charge in [0.05, 0.1) is 0 Å². The maximum absolute atomic E-state index is 6.14. The summed E-state index contributed by atoms with van der Waals surface area (Å²) < 4.78 is 3.36. The third-order valence-corrected chi connectivity index (χ3v) is 9.95. The summed E-state index contributed by atoms with van der Waals surface area (Å²) in [7, 11) is 12.3. The van der Waals surface area contributed by atoms with Gasteiger partial charge < -0.3 is 9.80 Å². The zero-order valence-corrected chi connectivity index (χ0v) is 29.9. The molecule has 0 atom stereocenters. The molecule has 2 aromatic carbocycles. The fourth-order valence-electron chi connectivity index (χ4n) is 6.13. The van der Waals surface area contributed by atoms with Crippen molar-refractivity contribution in [3.63, 3.8) is 0 Å². The Bertz CT molecular complexity index is 979. The average Bonchev–Trinajstić information content (AvgIpc) is 3.32. The van der Waals surface area contributed by atoms with Crippen molar-refractivity contribution in [3.8, 4) is 0 Å². The first-order chi connectivity index (χ1) is 19.0. The molecule has 1 saturated heterocycles. The maximum atomic E-state index is 6.14. The molecule has 0 amide bonds. The van der Waals surface area contributed by atoms with Crippen LogP contribution in [-0.4, -0.2) is 41.9 Å². The predicted octanol–water partition coefficient (Wildman–Crippen LogP) is 9.87. The minimum absolute atomic E-state index is 1.04. The number of unbranched alkanes of at least 4 members (excludes halogenated alkanes) is 3. The Balaban J connectivity index is 0.000000296. The first kappa shape index (κ1) is 35.3. The fourth-order valence-corrected chi connectivity index (χ4v) is 9.25. The largest absolute Gasteiger partial charge is 0.502 e. The van der Waals surface area contributed by atoms with Gasteiger partial charge in [-0.25, -0.2) is 0 Å². The SMILES string of the molecule is CCCC[N+]([CH]=[Ru]([Cl])[Cl])(CCCC)CCCC.Cc1cc(C)c(N2[CH-]N(c3c(C)cc(C)cc3C)CC2)c(C)c1. The molecule has 0 saturated carbocycles. The van der Waals surface area contributed by atoms with E-state index in [0.717, 1.165) is 17.6 Å². The Morgan fingerprint density at radius 2 is 1.00 bits per heavy atom. The number of rotatable bonds is 12. The van der Waals surface area contributed by atoms with Gasteiger partial charge in [-0.1, -0.05) is 35.4 Å². The molecule has 228 valence electrons. The molecule has 3 nitrogen and oxygen atoms in total. The summed E-state index contributed by atoms with van der Waals surface area (Å²) in [5.74, 6) is 0. The van der Waals surface area contributed by atoms with Crippen LogP contribution < -0.4 is 9.80 Å². The normalized spacial score (nSPS) is 13.8. The van der Waals surface area contributed by atoms with Crippen molar-refractivity contribution in [1.82, 2.24) is 0 Å². The Morgan fingerprint density at radius 3 is 1.27 bits per heavy atom. The number of hydrogen-bond donors (Lipinski definition) is 0.